The molecule has 0 aromatic heterocycles. The van der Waals surface area contributed by atoms with E-state index >= 15 is 0 Å². The van der Waals surface area contributed by atoms with E-state index in [1.54, 1.807) is 42.5 Å². The van der Waals surface area contributed by atoms with Crippen LogP contribution in [0.1, 0.15) is 15.9 Å². The number of carbonyl (C=O) groups is 1. The second-order valence-corrected chi connectivity index (χ2v) is 3.78. The number of carbonyl (C=O) groups excluding carboxylic acids is 1. The third-order valence-corrected chi connectivity index (χ3v) is 2.50. The van der Waals surface area contributed by atoms with Gasteiger partial charge in [0.1, 0.15) is 5.82 Å². The molecule has 0 spiro atoms. The van der Waals surface area contributed by atoms with Gasteiger partial charge in [0.15, 0.2) is 0 Å². The summed E-state index contributed by atoms with van der Waals surface area (Å²) >= 11 is 0. The predicted octanol–water partition coefficient (Wildman–Crippen LogP) is 3.23. The molecule has 0 unspecified atom stereocenters. The molecule has 90 valence electrons. The van der Waals surface area contributed by atoms with Gasteiger partial charge in [0.2, 0.25) is 0 Å². The van der Waals surface area contributed by atoms with Gasteiger partial charge in [-0.15, -0.1) is 0 Å². The zero-order valence-electron chi connectivity index (χ0n) is 9.69. The Bertz CT molecular complexity index is 578. The van der Waals surface area contributed by atoms with Crippen LogP contribution in [0.15, 0.2) is 61.2 Å². The van der Waals surface area contributed by atoms with Gasteiger partial charge in [-0.05, 0) is 24.3 Å². The van der Waals surface area contributed by atoms with Crippen molar-refractivity contribution in [1.29, 1.82) is 0 Å². The Balaban J connectivity index is 2.14. The Labute approximate surface area is 105 Å². The lowest BCUT2D eigenvalue weighted by molar-refractivity contribution is 0.0974. The normalized spacial score (nSPS) is 9.83. The lowest BCUT2D eigenvalue weighted by Gasteiger charge is -2.09. The number of hydrogen-bond donors (Lipinski definition) is 1. The van der Waals surface area contributed by atoms with Crippen LogP contribution in [0.4, 0.5) is 4.39 Å². The van der Waals surface area contributed by atoms with Crippen LogP contribution in [0, 0.1) is 5.82 Å². The smallest absolute Gasteiger partial charge is 0.255 e. The summed E-state index contributed by atoms with van der Waals surface area (Å²) in [7, 11) is 0. The summed E-state index contributed by atoms with van der Waals surface area (Å²) in [5.41, 5.74) is 1.05. The summed E-state index contributed by atoms with van der Waals surface area (Å²) in [5.74, 6) is -0.709. The third kappa shape index (κ3) is 2.63. The number of benzene rings is 2. The van der Waals surface area contributed by atoms with Crippen LogP contribution in [0.2, 0.25) is 0 Å². The lowest BCUT2D eigenvalue weighted by atomic mass is 10.1. The van der Waals surface area contributed by atoms with Crippen LogP contribution in [0.5, 0.6) is 0 Å². The maximum absolute atomic E-state index is 13.5. The Morgan fingerprint density at radius 3 is 2.28 bits per heavy atom. The SMILES string of the molecule is C=C(NC(=O)c1ccccc1)c1ccccc1F. The maximum atomic E-state index is 13.5. The summed E-state index contributed by atoms with van der Waals surface area (Å²) in [5, 5.41) is 2.58. The molecule has 2 rings (SSSR count). The molecule has 1 N–H and O–H groups in total. The molecule has 0 aliphatic heterocycles. The quantitative estimate of drug-likeness (QED) is 0.878. The highest BCUT2D eigenvalue weighted by Gasteiger charge is 2.09. The van der Waals surface area contributed by atoms with E-state index in [4.69, 9.17) is 0 Å². The van der Waals surface area contributed by atoms with Gasteiger partial charge in [0.05, 0.1) is 0 Å². The van der Waals surface area contributed by atoms with Gasteiger partial charge in [0.25, 0.3) is 5.91 Å². The first kappa shape index (κ1) is 12.0. The van der Waals surface area contributed by atoms with Gasteiger partial charge >= 0.3 is 0 Å². The summed E-state index contributed by atoms with van der Waals surface area (Å²) in [6.45, 7) is 3.68. The fourth-order valence-corrected chi connectivity index (χ4v) is 1.57. The molecule has 18 heavy (non-hydrogen) atoms. The van der Waals surface area contributed by atoms with Gasteiger partial charge in [-0.25, -0.2) is 4.39 Å². The van der Waals surface area contributed by atoms with E-state index in [1.165, 1.54) is 6.07 Å². The highest BCUT2D eigenvalue weighted by atomic mass is 19.1. The van der Waals surface area contributed by atoms with E-state index in [9.17, 15) is 9.18 Å². The highest BCUT2D eigenvalue weighted by molar-refractivity contribution is 5.99. The molecule has 0 aliphatic rings. The molecule has 2 nitrogen and oxygen atoms in total. The minimum absolute atomic E-state index is 0.252. The zero-order valence-corrected chi connectivity index (χ0v) is 9.69. The van der Waals surface area contributed by atoms with Crippen molar-refractivity contribution < 1.29 is 9.18 Å². The van der Waals surface area contributed by atoms with Crippen molar-refractivity contribution in [2.45, 2.75) is 0 Å². The van der Waals surface area contributed by atoms with E-state index in [2.05, 4.69) is 11.9 Å². The summed E-state index contributed by atoms with van der Waals surface area (Å²) in [6, 6.07) is 14.9. The van der Waals surface area contributed by atoms with Crippen LogP contribution < -0.4 is 5.32 Å². The Morgan fingerprint density at radius 1 is 1.00 bits per heavy atom. The summed E-state index contributed by atoms with van der Waals surface area (Å²) in [6.07, 6.45) is 0. The molecular weight excluding hydrogens is 229 g/mol. The van der Waals surface area contributed by atoms with E-state index < -0.39 is 5.82 Å². The Morgan fingerprint density at radius 2 is 1.61 bits per heavy atom. The minimum Gasteiger partial charge on any atom is -0.322 e. The molecule has 0 saturated heterocycles. The zero-order chi connectivity index (χ0) is 13.0. The first-order valence-electron chi connectivity index (χ1n) is 5.48. The maximum Gasteiger partial charge on any atom is 0.255 e. The molecule has 2 aromatic carbocycles. The standard InChI is InChI=1S/C15H12FNO/c1-11(13-9-5-6-10-14(13)16)17-15(18)12-7-3-2-4-8-12/h2-10H,1H2,(H,17,18). The number of amides is 1. The lowest BCUT2D eigenvalue weighted by Crippen LogP contribution is -2.21. The molecule has 3 heteroatoms. The second-order valence-electron chi connectivity index (χ2n) is 3.78. The van der Waals surface area contributed by atoms with Crippen LogP contribution >= 0.6 is 0 Å². The van der Waals surface area contributed by atoms with Gasteiger partial charge in [-0.3, -0.25) is 4.79 Å². The molecule has 2 aromatic rings. The van der Waals surface area contributed by atoms with Crippen LogP contribution in [0.25, 0.3) is 5.70 Å². The molecule has 0 atom stereocenters. The topological polar surface area (TPSA) is 29.1 Å². The Kier molecular flexibility index (Phi) is 3.53. The molecule has 0 radical (unpaired) electrons. The fourth-order valence-electron chi connectivity index (χ4n) is 1.57. The molecule has 1 amide bonds. The van der Waals surface area contributed by atoms with Gasteiger partial charge in [0, 0.05) is 16.8 Å². The number of hydrogen-bond acceptors (Lipinski definition) is 1. The van der Waals surface area contributed by atoms with Gasteiger partial charge < -0.3 is 5.32 Å². The predicted molar refractivity (Wildman–Crippen MR) is 69.3 cm³/mol. The molecule has 0 heterocycles. The molecule has 0 bridgehead atoms. The van der Waals surface area contributed by atoms with Crippen molar-refractivity contribution in [2.24, 2.45) is 0 Å². The second kappa shape index (κ2) is 5.27. The average molecular weight is 241 g/mol. The molecule has 0 aliphatic carbocycles. The number of rotatable bonds is 3. The van der Waals surface area contributed by atoms with Crippen LogP contribution in [0.3, 0.4) is 0 Å². The van der Waals surface area contributed by atoms with Crippen LogP contribution in [-0.4, -0.2) is 5.91 Å². The first-order valence-corrected chi connectivity index (χ1v) is 5.48. The van der Waals surface area contributed by atoms with E-state index in [0.717, 1.165) is 0 Å². The van der Waals surface area contributed by atoms with Crippen molar-refractivity contribution in [2.75, 3.05) is 0 Å². The summed E-state index contributed by atoms with van der Waals surface area (Å²) < 4.78 is 13.5. The molecule has 0 saturated carbocycles. The summed E-state index contributed by atoms with van der Waals surface area (Å²) in [4.78, 5) is 11.8. The van der Waals surface area contributed by atoms with Crippen molar-refractivity contribution >= 4 is 11.6 Å². The first-order chi connectivity index (χ1) is 8.68. The number of halogens is 1. The van der Waals surface area contributed by atoms with E-state index in [1.807, 2.05) is 6.07 Å². The molecular formula is C15H12FNO. The van der Waals surface area contributed by atoms with Crippen LogP contribution in [-0.2, 0) is 0 Å². The average Bonchev–Trinajstić information content (AvgIpc) is 2.40. The monoisotopic (exact) mass is 241 g/mol. The Hall–Kier alpha value is -2.42. The van der Waals surface area contributed by atoms with Crippen molar-refractivity contribution in [3.05, 3.63) is 78.1 Å². The minimum atomic E-state index is -0.407. The van der Waals surface area contributed by atoms with Gasteiger partial charge in [-0.2, -0.15) is 0 Å². The van der Waals surface area contributed by atoms with Gasteiger partial charge in [-0.1, -0.05) is 36.9 Å². The number of nitrogens with one attached hydrogen (secondary N) is 1. The molecule has 0 fully saturated rings. The fraction of sp³-hybridized carbons (Fsp3) is 0. The van der Waals surface area contributed by atoms with Crippen molar-refractivity contribution in [1.82, 2.24) is 5.32 Å². The third-order valence-electron chi connectivity index (χ3n) is 2.50. The van der Waals surface area contributed by atoms with Crippen molar-refractivity contribution in [3.8, 4) is 0 Å². The van der Waals surface area contributed by atoms with Crippen molar-refractivity contribution in [3.63, 3.8) is 0 Å². The largest absolute Gasteiger partial charge is 0.322 e. The highest BCUT2D eigenvalue weighted by Crippen LogP contribution is 2.14. The van der Waals surface area contributed by atoms with E-state index in [-0.39, 0.29) is 11.6 Å². The van der Waals surface area contributed by atoms with E-state index in [0.29, 0.717) is 11.1 Å².